The Balaban J connectivity index is 1.41. The second kappa shape index (κ2) is 8.49. The SMILES string of the molecule is COc1cccc(Nc2ncc3c(n2)CCN(Cc2ccc(N(C)C)cc2)C3)c1. The van der Waals surface area contributed by atoms with Gasteiger partial charge in [0.05, 0.1) is 12.8 Å². The van der Waals surface area contributed by atoms with Crippen LogP contribution in [0, 0.1) is 0 Å². The van der Waals surface area contributed by atoms with Crippen molar-refractivity contribution >= 4 is 17.3 Å². The Morgan fingerprint density at radius 3 is 2.72 bits per heavy atom. The molecule has 0 radical (unpaired) electrons. The van der Waals surface area contributed by atoms with Gasteiger partial charge < -0.3 is 15.0 Å². The van der Waals surface area contributed by atoms with Crippen molar-refractivity contribution in [2.75, 3.05) is 38.0 Å². The zero-order chi connectivity index (χ0) is 20.2. The number of rotatable bonds is 6. The van der Waals surface area contributed by atoms with Crippen LogP contribution < -0.4 is 15.0 Å². The maximum absolute atomic E-state index is 5.27. The van der Waals surface area contributed by atoms with Crippen molar-refractivity contribution in [1.82, 2.24) is 14.9 Å². The molecular weight excluding hydrogens is 362 g/mol. The molecule has 6 heteroatoms. The minimum Gasteiger partial charge on any atom is -0.497 e. The van der Waals surface area contributed by atoms with Gasteiger partial charge in [0, 0.05) is 69.4 Å². The highest BCUT2D eigenvalue weighted by atomic mass is 16.5. The third kappa shape index (κ3) is 4.66. The quantitative estimate of drug-likeness (QED) is 0.691. The van der Waals surface area contributed by atoms with E-state index in [1.807, 2.05) is 30.5 Å². The second-order valence-electron chi connectivity index (χ2n) is 7.54. The Bertz CT molecular complexity index is 971. The van der Waals surface area contributed by atoms with Gasteiger partial charge in [0.25, 0.3) is 0 Å². The number of nitrogens with one attached hydrogen (secondary N) is 1. The van der Waals surface area contributed by atoms with Crippen LogP contribution in [0.5, 0.6) is 5.75 Å². The number of hydrogen-bond acceptors (Lipinski definition) is 6. The smallest absolute Gasteiger partial charge is 0.227 e. The first-order valence-corrected chi connectivity index (χ1v) is 9.85. The highest BCUT2D eigenvalue weighted by Gasteiger charge is 2.18. The summed E-state index contributed by atoms with van der Waals surface area (Å²) >= 11 is 0. The fraction of sp³-hybridized carbons (Fsp3) is 0.304. The third-order valence-corrected chi connectivity index (χ3v) is 5.20. The van der Waals surface area contributed by atoms with Crippen LogP contribution in [0.3, 0.4) is 0 Å². The summed E-state index contributed by atoms with van der Waals surface area (Å²) in [6, 6.07) is 16.6. The average Bonchev–Trinajstić information content (AvgIpc) is 2.74. The molecule has 1 aliphatic heterocycles. The molecule has 0 atom stereocenters. The lowest BCUT2D eigenvalue weighted by molar-refractivity contribution is 0.243. The van der Waals surface area contributed by atoms with Crippen molar-refractivity contribution in [1.29, 1.82) is 0 Å². The van der Waals surface area contributed by atoms with Crippen LogP contribution in [0.2, 0.25) is 0 Å². The molecule has 2 aromatic carbocycles. The van der Waals surface area contributed by atoms with Gasteiger partial charge in [0.2, 0.25) is 5.95 Å². The topological polar surface area (TPSA) is 53.5 Å². The molecule has 0 amide bonds. The summed E-state index contributed by atoms with van der Waals surface area (Å²) in [4.78, 5) is 13.8. The van der Waals surface area contributed by atoms with E-state index in [0.29, 0.717) is 5.95 Å². The molecule has 1 N–H and O–H groups in total. The summed E-state index contributed by atoms with van der Waals surface area (Å²) in [5.41, 5.74) is 5.81. The molecule has 0 aliphatic carbocycles. The van der Waals surface area contributed by atoms with E-state index in [4.69, 9.17) is 9.72 Å². The van der Waals surface area contributed by atoms with Crippen LogP contribution in [0.4, 0.5) is 17.3 Å². The fourth-order valence-electron chi connectivity index (χ4n) is 3.56. The fourth-order valence-corrected chi connectivity index (χ4v) is 3.56. The number of methoxy groups -OCH3 is 1. The number of nitrogens with zero attached hydrogens (tertiary/aromatic N) is 4. The Hall–Kier alpha value is -3.12. The highest BCUT2D eigenvalue weighted by Crippen LogP contribution is 2.23. The zero-order valence-electron chi connectivity index (χ0n) is 17.2. The monoisotopic (exact) mass is 389 g/mol. The molecule has 0 spiro atoms. The van der Waals surface area contributed by atoms with Crippen molar-refractivity contribution < 1.29 is 4.74 Å². The number of aromatic nitrogens is 2. The van der Waals surface area contributed by atoms with Gasteiger partial charge in [0.1, 0.15) is 5.75 Å². The standard InChI is InChI=1S/C23H27N5O/c1-27(2)20-9-7-17(8-10-20)15-28-12-11-22-18(16-28)14-24-23(26-22)25-19-5-4-6-21(13-19)29-3/h4-10,13-14H,11-12,15-16H2,1-3H3,(H,24,25,26). The predicted octanol–water partition coefficient (Wildman–Crippen LogP) is 3.85. The van der Waals surface area contributed by atoms with Crippen molar-refractivity contribution in [3.05, 3.63) is 71.5 Å². The number of hydrogen-bond donors (Lipinski definition) is 1. The molecule has 6 nitrogen and oxygen atoms in total. The summed E-state index contributed by atoms with van der Waals surface area (Å²) in [7, 11) is 5.79. The minimum atomic E-state index is 0.629. The van der Waals surface area contributed by atoms with Crippen molar-refractivity contribution in [2.45, 2.75) is 19.5 Å². The van der Waals surface area contributed by atoms with Gasteiger partial charge in [-0.1, -0.05) is 18.2 Å². The Morgan fingerprint density at radius 1 is 1.14 bits per heavy atom. The lowest BCUT2D eigenvalue weighted by Gasteiger charge is -2.28. The van der Waals surface area contributed by atoms with E-state index in [9.17, 15) is 0 Å². The predicted molar refractivity (Wildman–Crippen MR) is 117 cm³/mol. The molecule has 29 heavy (non-hydrogen) atoms. The zero-order valence-corrected chi connectivity index (χ0v) is 17.2. The molecule has 1 aromatic heterocycles. The highest BCUT2D eigenvalue weighted by molar-refractivity contribution is 5.56. The molecule has 0 fully saturated rings. The third-order valence-electron chi connectivity index (χ3n) is 5.20. The summed E-state index contributed by atoms with van der Waals surface area (Å²) in [5, 5.41) is 3.27. The van der Waals surface area contributed by atoms with E-state index in [1.54, 1.807) is 7.11 Å². The van der Waals surface area contributed by atoms with Crippen LogP contribution in [-0.2, 0) is 19.5 Å². The van der Waals surface area contributed by atoms with E-state index >= 15 is 0 Å². The molecule has 2 heterocycles. The van der Waals surface area contributed by atoms with Gasteiger partial charge in [0.15, 0.2) is 0 Å². The maximum Gasteiger partial charge on any atom is 0.227 e. The second-order valence-corrected chi connectivity index (χ2v) is 7.54. The molecule has 1 aliphatic rings. The summed E-state index contributed by atoms with van der Waals surface area (Å²) in [5.74, 6) is 1.44. The van der Waals surface area contributed by atoms with E-state index in [1.165, 1.54) is 16.8 Å². The first kappa shape index (κ1) is 19.2. The van der Waals surface area contributed by atoms with Crippen LogP contribution in [0.15, 0.2) is 54.7 Å². The largest absolute Gasteiger partial charge is 0.497 e. The van der Waals surface area contributed by atoms with Crippen molar-refractivity contribution in [3.63, 3.8) is 0 Å². The van der Waals surface area contributed by atoms with E-state index in [0.717, 1.165) is 43.2 Å². The summed E-state index contributed by atoms with van der Waals surface area (Å²) in [6.45, 7) is 2.82. The molecule has 0 saturated carbocycles. The van der Waals surface area contributed by atoms with Crippen LogP contribution in [0.25, 0.3) is 0 Å². The van der Waals surface area contributed by atoms with Crippen LogP contribution >= 0.6 is 0 Å². The van der Waals surface area contributed by atoms with Crippen LogP contribution in [0.1, 0.15) is 16.8 Å². The average molecular weight is 390 g/mol. The molecule has 0 bridgehead atoms. The maximum atomic E-state index is 5.27. The normalized spacial score (nSPS) is 13.6. The molecule has 150 valence electrons. The van der Waals surface area contributed by atoms with Gasteiger partial charge in [-0.2, -0.15) is 0 Å². The summed E-state index contributed by atoms with van der Waals surface area (Å²) < 4.78 is 5.27. The molecular formula is C23H27N5O. The van der Waals surface area contributed by atoms with Crippen molar-refractivity contribution in [2.24, 2.45) is 0 Å². The molecule has 3 aromatic rings. The van der Waals surface area contributed by atoms with Gasteiger partial charge in [-0.25, -0.2) is 9.97 Å². The van der Waals surface area contributed by atoms with Crippen molar-refractivity contribution in [3.8, 4) is 5.75 Å². The first-order chi connectivity index (χ1) is 14.1. The van der Waals surface area contributed by atoms with Gasteiger partial charge in [-0.3, -0.25) is 4.90 Å². The number of ether oxygens (including phenoxy) is 1. The number of anilines is 3. The molecule has 4 rings (SSSR count). The minimum absolute atomic E-state index is 0.629. The van der Waals surface area contributed by atoms with E-state index < -0.39 is 0 Å². The van der Waals surface area contributed by atoms with E-state index in [-0.39, 0.29) is 0 Å². The Kier molecular flexibility index (Phi) is 5.62. The van der Waals surface area contributed by atoms with Crippen LogP contribution in [-0.4, -0.2) is 42.6 Å². The van der Waals surface area contributed by atoms with Gasteiger partial charge in [-0.05, 0) is 29.8 Å². The Morgan fingerprint density at radius 2 is 1.97 bits per heavy atom. The first-order valence-electron chi connectivity index (χ1n) is 9.85. The Labute approximate surface area is 172 Å². The number of benzene rings is 2. The van der Waals surface area contributed by atoms with Gasteiger partial charge >= 0.3 is 0 Å². The lowest BCUT2D eigenvalue weighted by Crippen LogP contribution is -2.31. The molecule has 0 unspecified atom stereocenters. The van der Waals surface area contributed by atoms with E-state index in [2.05, 4.69) is 58.5 Å². The number of fused-ring (bicyclic) bond motifs is 1. The summed E-state index contributed by atoms with van der Waals surface area (Å²) in [6.07, 6.45) is 2.88. The molecule has 0 saturated heterocycles. The van der Waals surface area contributed by atoms with Gasteiger partial charge in [-0.15, -0.1) is 0 Å². The lowest BCUT2D eigenvalue weighted by atomic mass is 10.1.